The fourth-order valence-corrected chi connectivity index (χ4v) is 3.74. The first-order valence-electron chi connectivity index (χ1n) is 7.15. The van der Waals surface area contributed by atoms with Gasteiger partial charge in [-0.05, 0) is 18.4 Å². The molecule has 1 amide bonds. The van der Waals surface area contributed by atoms with Crippen molar-refractivity contribution >= 4 is 35.1 Å². The van der Waals surface area contributed by atoms with Crippen molar-refractivity contribution in [1.82, 2.24) is 5.32 Å². The van der Waals surface area contributed by atoms with Gasteiger partial charge in [0.1, 0.15) is 4.33 Å². The van der Waals surface area contributed by atoms with Gasteiger partial charge in [0.25, 0.3) is 0 Å². The standard InChI is InChI=1S/C16H17Cl2NO3.Na/c1-14(8-16(14,17)18)9-19-12(20)11-7-15(11,13(21)22)10-5-3-2-4-6-10;/h2-6,11H,7-9H2,1H3,(H,19,20)(H,21,22);/q;+1/p-1/t11-,14?,15+;/m0./s1. The van der Waals surface area contributed by atoms with Gasteiger partial charge in [-0.15, -0.1) is 23.2 Å². The second-order valence-corrected chi connectivity index (χ2v) is 8.03. The number of carboxylic acid groups (broad SMARTS) is 1. The van der Waals surface area contributed by atoms with E-state index in [1.54, 1.807) is 30.3 Å². The van der Waals surface area contributed by atoms with Crippen molar-refractivity contribution < 1.29 is 44.3 Å². The SMILES string of the molecule is CC1(CNC(=O)[C@@H]2C[C@@]2(C(=O)[O-])c2ccccc2)CC1(Cl)Cl.[Na+]. The summed E-state index contributed by atoms with van der Waals surface area (Å²) < 4.78 is -0.811. The van der Waals surface area contributed by atoms with Crippen LogP contribution in [0.1, 0.15) is 25.3 Å². The first kappa shape index (κ1) is 19.1. The Balaban J connectivity index is 0.00000192. The second-order valence-electron chi connectivity index (χ2n) is 6.54. The van der Waals surface area contributed by atoms with Gasteiger partial charge in [-0.2, -0.15) is 0 Å². The molecule has 1 aromatic carbocycles. The monoisotopic (exact) mass is 363 g/mol. The molecular formula is C16H16Cl2NNaO3. The number of benzene rings is 1. The van der Waals surface area contributed by atoms with Crippen molar-refractivity contribution in [3.8, 4) is 0 Å². The normalized spacial score (nSPS) is 33.3. The average molecular weight is 364 g/mol. The van der Waals surface area contributed by atoms with Crippen LogP contribution in [0.2, 0.25) is 0 Å². The van der Waals surface area contributed by atoms with Crippen molar-refractivity contribution in [2.75, 3.05) is 6.54 Å². The summed E-state index contributed by atoms with van der Waals surface area (Å²) in [4.78, 5) is 23.9. The smallest absolute Gasteiger partial charge is 0.549 e. The Hall–Kier alpha value is -0.260. The molecule has 0 radical (unpaired) electrons. The minimum atomic E-state index is -1.21. The number of amides is 1. The summed E-state index contributed by atoms with van der Waals surface area (Å²) in [6.45, 7) is 2.23. The Kier molecular flexibility index (Phi) is 5.17. The Labute approximate surface area is 167 Å². The van der Waals surface area contributed by atoms with Crippen LogP contribution >= 0.6 is 23.2 Å². The maximum Gasteiger partial charge on any atom is 1.00 e. The number of carbonyl (C=O) groups excluding carboxylic acids is 2. The number of alkyl halides is 2. The number of hydrogen-bond donors (Lipinski definition) is 1. The molecule has 23 heavy (non-hydrogen) atoms. The van der Waals surface area contributed by atoms with Crippen LogP contribution in [0.25, 0.3) is 0 Å². The van der Waals surface area contributed by atoms with Crippen molar-refractivity contribution in [1.29, 1.82) is 0 Å². The van der Waals surface area contributed by atoms with E-state index in [1.165, 1.54) is 0 Å². The van der Waals surface area contributed by atoms with Gasteiger partial charge in [-0.1, -0.05) is 37.3 Å². The number of carboxylic acids is 1. The molecule has 2 aliphatic carbocycles. The van der Waals surface area contributed by atoms with Crippen LogP contribution in [0.5, 0.6) is 0 Å². The molecular weight excluding hydrogens is 348 g/mol. The van der Waals surface area contributed by atoms with Crippen LogP contribution in [-0.4, -0.2) is 22.8 Å². The third-order valence-electron chi connectivity index (χ3n) is 4.95. The van der Waals surface area contributed by atoms with E-state index in [1.807, 2.05) is 6.92 Å². The maximum atomic E-state index is 12.3. The van der Waals surface area contributed by atoms with Crippen LogP contribution < -0.4 is 40.0 Å². The van der Waals surface area contributed by atoms with Gasteiger partial charge in [-0.3, -0.25) is 4.79 Å². The molecule has 2 aliphatic rings. The summed E-state index contributed by atoms with van der Waals surface area (Å²) in [5.41, 5.74) is -0.955. The van der Waals surface area contributed by atoms with Crippen LogP contribution in [0.15, 0.2) is 30.3 Å². The Morgan fingerprint density at radius 1 is 1.30 bits per heavy atom. The maximum absolute atomic E-state index is 12.3. The number of halogens is 2. The molecule has 0 aliphatic heterocycles. The fraction of sp³-hybridized carbons (Fsp3) is 0.500. The van der Waals surface area contributed by atoms with E-state index in [4.69, 9.17) is 23.2 Å². The molecule has 118 valence electrons. The van der Waals surface area contributed by atoms with Crippen molar-refractivity contribution in [2.45, 2.75) is 29.5 Å². The zero-order valence-corrected chi connectivity index (χ0v) is 16.6. The number of hydrogen-bond acceptors (Lipinski definition) is 3. The predicted octanol–water partition coefficient (Wildman–Crippen LogP) is -1.60. The number of carbonyl (C=O) groups is 2. The molecule has 0 bridgehead atoms. The van der Waals surface area contributed by atoms with E-state index in [0.717, 1.165) is 0 Å². The van der Waals surface area contributed by atoms with E-state index in [9.17, 15) is 14.7 Å². The Bertz CT molecular complexity index is 639. The van der Waals surface area contributed by atoms with Gasteiger partial charge in [0.2, 0.25) is 5.91 Å². The summed E-state index contributed by atoms with van der Waals surface area (Å²) in [7, 11) is 0. The second kappa shape index (κ2) is 6.23. The van der Waals surface area contributed by atoms with Crippen molar-refractivity contribution in [3.63, 3.8) is 0 Å². The first-order chi connectivity index (χ1) is 10.2. The quantitative estimate of drug-likeness (QED) is 0.506. The molecule has 3 atom stereocenters. The number of nitrogens with one attached hydrogen (secondary N) is 1. The first-order valence-corrected chi connectivity index (χ1v) is 7.91. The summed E-state index contributed by atoms with van der Waals surface area (Å²) in [5.74, 6) is -2.10. The minimum absolute atomic E-state index is 0. The van der Waals surface area contributed by atoms with E-state index in [-0.39, 0.29) is 47.3 Å². The van der Waals surface area contributed by atoms with Gasteiger partial charge < -0.3 is 15.2 Å². The largest absolute Gasteiger partial charge is 1.00 e. The molecule has 0 heterocycles. The molecule has 1 aromatic rings. The topological polar surface area (TPSA) is 69.2 Å². The van der Waals surface area contributed by atoms with Gasteiger partial charge in [-0.25, -0.2) is 0 Å². The number of aliphatic carboxylic acids is 1. The summed E-state index contributed by atoms with van der Waals surface area (Å²) in [5, 5.41) is 14.4. The molecule has 2 fully saturated rings. The summed E-state index contributed by atoms with van der Waals surface area (Å²) >= 11 is 12.1. The number of rotatable bonds is 5. The third-order valence-corrected chi connectivity index (χ3v) is 6.13. The molecule has 1 unspecified atom stereocenters. The predicted molar refractivity (Wildman–Crippen MR) is 81.4 cm³/mol. The molecule has 4 nitrogen and oxygen atoms in total. The fourth-order valence-electron chi connectivity index (χ4n) is 3.02. The van der Waals surface area contributed by atoms with Crippen LogP contribution in [-0.2, 0) is 15.0 Å². The van der Waals surface area contributed by atoms with E-state index in [2.05, 4.69) is 5.32 Å². The Morgan fingerprint density at radius 3 is 2.35 bits per heavy atom. The molecule has 0 saturated heterocycles. The van der Waals surface area contributed by atoms with Crippen LogP contribution in [0.4, 0.5) is 0 Å². The zero-order chi connectivity index (χ0) is 16.2. The average Bonchev–Trinajstić information content (AvgIpc) is 3.32. The van der Waals surface area contributed by atoms with Gasteiger partial charge in [0.05, 0.1) is 11.9 Å². The van der Waals surface area contributed by atoms with E-state index >= 15 is 0 Å². The van der Waals surface area contributed by atoms with Gasteiger partial charge in [0.15, 0.2) is 0 Å². The summed E-state index contributed by atoms with van der Waals surface area (Å²) in [6, 6.07) is 8.75. The van der Waals surface area contributed by atoms with Crippen molar-refractivity contribution in [3.05, 3.63) is 35.9 Å². The molecule has 0 aromatic heterocycles. The van der Waals surface area contributed by atoms with E-state index in [0.29, 0.717) is 18.5 Å². The van der Waals surface area contributed by atoms with Gasteiger partial charge in [0, 0.05) is 17.4 Å². The molecule has 0 spiro atoms. The third kappa shape index (κ3) is 3.16. The van der Waals surface area contributed by atoms with Crippen molar-refractivity contribution in [2.24, 2.45) is 11.3 Å². The van der Waals surface area contributed by atoms with Crippen LogP contribution in [0.3, 0.4) is 0 Å². The minimum Gasteiger partial charge on any atom is -0.549 e. The molecule has 7 heteroatoms. The molecule has 3 rings (SSSR count). The van der Waals surface area contributed by atoms with Gasteiger partial charge >= 0.3 is 29.6 Å². The van der Waals surface area contributed by atoms with E-state index < -0.39 is 21.6 Å². The Morgan fingerprint density at radius 2 is 1.87 bits per heavy atom. The summed E-state index contributed by atoms with van der Waals surface area (Å²) in [6.07, 6.45) is 0.868. The molecule has 2 saturated carbocycles. The molecule has 1 N–H and O–H groups in total. The zero-order valence-electron chi connectivity index (χ0n) is 13.1. The van der Waals surface area contributed by atoms with Crippen LogP contribution in [0, 0.1) is 11.3 Å².